The molecule has 0 spiro atoms. The van der Waals surface area contributed by atoms with Gasteiger partial charge in [-0.15, -0.1) is 0 Å². The third-order valence-electron chi connectivity index (χ3n) is 3.80. The number of pyridine rings is 1. The van der Waals surface area contributed by atoms with Crippen molar-refractivity contribution in [3.8, 4) is 0 Å². The van der Waals surface area contributed by atoms with Gasteiger partial charge in [-0.3, -0.25) is 4.98 Å². The van der Waals surface area contributed by atoms with Crippen LogP contribution >= 0.6 is 0 Å². The Labute approximate surface area is 119 Å². The van der Waals surface area contributed by atoms with E-state index >= 15 is 0 Å². The summed E-state index contributed by atoms with van der Waals surface area (Å²) < 4.78 is 17.1. The average molecular weight is 277 g/mol. The summed E-state index contributed by atoms with van der Waals surface area (Å²) >= 11 is 0. The highest BCUT2D eigenvalue weighted by molar-refractivity contribution is 6.62. The van der Waals surface area contributed by atoms with Gasteiger partial charge < -0.3 is 18.8 Å². The van der Waals surface area contributed by atoms with Crippen LogP contribution in [0.1, 0.15) is 33.3 Å². The third kappa shape index (κ3) is 3.08. The average Bonchev–Trinajstić information content (AvgIpc) is 2.59. The molecule has 1 aromatic heterocycles. The molecule has 1 fully saturated rings. The summed E-state index contributed by atoms with van der Waals surface area (Å²) in [5.41, 5.74) is 0.999. The molecule has 0 saturated carbocycles. The van der Waals surface area contributed by atoms with Crippen LogP contribution < -0.4 is 5.46 Å². The highest BCUT2D eigenvalue weighted by Crippen LogP contribution is 2.36. The molecule has 108 valence electrons. The van der Waals surface area contributed by atoms with Crippen LogP contribution in [-0.2, 0) is 25.4 Å². The van der Waals surface area contributed by atoms with E-state index in [1.54, 1.807) is 12.4 Å². The third-order valence-corrected chi connectivity index (χ3v) is 3.80. The Bertz CT molecular complexity index is 474. The van der Waals surface area contributed by atoms with Gasteiger partial charge in [0.05, 0.1) is 17.8 Å². The van der Waals surface area contributed by atoms with E-state index in [4.69, 9.17) is 14.0 Å². The van der Waals surface area contributed by atoms with Crippen LogP contribution in [0.25, 0.3) is 0 Å². The highest BCUT2D eigenvalue weighted by Gasteiger charge is 2.51. The van der Waals surface area contributed by atoms with Crippen molar-refractivity contribution in [2.75, 3.05) is 6.61 Å². The van der Waals surface area contributed by atoms with Gasteiger partial charge in [0.25, 0.3) is 0 Å². The van der Waals surface area contributed by atoms with E-state index in [1.807, 2.05) is 33.8 Å². The van der Waals surface area contributed by atoms with Crippen molar-refractivity contribution in [3.63, 3.8) is 0 Å². The first-order valence-corrected chi connectivity index (χ1v) is 6.66. The number of aldehydes is 1. The number of hydrogen-bond donors (Lipinski definition) is 0. The molecule has 20 heavy (non-hydrogen) atoms. The molecule has 0 radical (unpaired) electrons. The molecule has 0 bridgehead atoms. The van der Waals surface area contributed by atoms with Crippen LogP contribution in [0.5, 0.6) is 0 Å². The first-order valence-electron chi connectivity index (χ1n) is 6.66. The fraction of sp³-hybridized carbons (Fsp3) is 0.571. The van der Waals surface area contributed by atoms with Gasteiger partial charge in [-0.2, -0.15) is 0 Å². The van der Waals surface area contributed by atoms with Crippen molar-refractivity contribution in [3.05, 3.63) is 24.0 Å². The summed E-state index contributed by atoms with van der Waals surface area (Å²) in [6.07, 6.45) is 4.16. The van der Waals surface area contributed by atoms with E-state index in [0.29, 0.717) is 6.61 Å². The molecule has 0 aliphatic carbocycles. The number of ether oxygens (including phenoxy) is 1. The van der Waals surface area contributed by atoms with Crippen LogP contribution in [0.15, 0.2) is 18.5 Å². The van der Waals surface area contributed by atoms with E-state index in [2.05, 4.69) is 4.98 Å². The van der Waals surface area contributed by atoms with Gasteiger partial charge in [0.1, 0.15) is 12.9 Å². The highest BCUT2D eigenvalue weighted by atomic mass is 16.7. The second kappa shape index (κ2) is 5.64. The summed E-state index contributed by atoms with van der Waals surface area (Å²) in [5.74, 6) is 0. The predicted octanol–water partition coefficient (Wildman–Crippen LogP) is 1.10. The monoisotopic (exact) mass is 277 g/mol. The summed E-state index contributed by atoms with van der Waals surface area (Å²) in [6.45, 7) is 8.48. The minimum Gasteiger partial charge on any atom is -0.399 e. The maximum Gasteiger partial charge on any atom is 0.496 e. The summed E-state index contributed by atoms with van der Waals surface area (Å²) in [4.78, 5) is 14.4. The number of hydrogen-bond acceptors (Lipinski definition) is 5. The van der Waals surface area contributed by atoms with Crippen molar-refractivity contribution in [1.29, 1.82) is 0 Å². The molecule has 1 aliphatic rings. The molecule has 6 heteroatoms. The molecular weight excluding hydrogens is 257 g/mol. The van der Waals surface area contributed by atoms with Crippen molar-refractivity contribution in [1.82, 2.24) is 4.98 Å². The van der Waals surface area contributed by atoms with E-state index in [-0.39, 0.29) is 17.8 Å². The Morgan fingerprint density at radius 2 is 1.90 bits per heavy atom. The van der Waals surface area contributed by atoms with Crippen LogP contribution in [0.3, 0.4) is 0 Å². The van der Waals surface area contributed by atoms with Crippen molar-refractivity contribution in [2.45, 2.75) is 45.5 Å². The molecule has 5 nitrogen and oxygen atoms in total. The lowest BCUT2D eigenvalue weighted by Crippen LogP contribution is -2.41. The summed E-state index contributed by atoms with van der Waals surface area (Å²) in [7, 11) is -0.432. The van der Waals surface area contributed by atoms with E-state index in [1.165, 1.54) is 0 Å². The minimum atomic E-state index is -0.432. The SMILES string of the molecule is CC1(C)OB(c2cncc(COCC=O)c2)OC1(C)C. The lowest BCUT2D eigenvalue weighted by Gasteiger charge is -2.32. The van der Waals surface area contributed by atoms with Gasteiger partial charge in [-0.05, 0) is 33.3 Å². The number of carbonyl (C=O) groups excluding carboxylic acids is 1. The molecule has 1 aliphatic heterocycles. The second-order valence-corrected chi connectivity index (χ2v) is 5.90. The first kappa shape index (κ1) is 15.2. The minimum absolute atomic E-state index is 0.0840. The molecule has 0 amide bonds. The lowest BCUT2D eigenvalue weighted by atomic mass is 9.80. The Morgan fingerprint density at radius 1 is 1.25 bits per heavy atom. The fourth-order valence-electron chi connectivity index (χ4n) is 1.92. The van der Waals surface area contributed by atoms with Gasteiger partial charge in [-0.25, -0.2) is 0 Å². The van der Waals surface area contributed by atoms with Crippen molar-refractivity contribution in [2.24, 2.45) is 0 Å². The lowest BCUT2D eigenvalue weighted by molar-refractivity contribution is -0.112. The Balaban J connectivity index is 2.10. The standard InChI is InChI=1S/C14H20BNO4/c1-13(2)14(3,4)20-15(19-13)12-7-11(8-16-9-12)10-18-6-5-17/h5,7-9H,6,10H2,1-4H3. The maximum absolute atomic E-state index is 10.2. The van der Waals surface area contributed by atoms with Crippen molar-refractivity contribution < 1.29 is 18.8 Å². The van der Waals surface area contributed by atoms with E-state index < -0.39 is 7.12 Å². The molecule has 2 rings (SSSR count). The van der Waals surface area contributed by atoms with Gasteiger partial charge in [0.15, 0.2) is 0 Å². The number of rotatable bonds is 5. The molecule has 0 aromatic carbocycles. The first-order chi connectivity index (χ1) is 9.36. The number of carbonyl (C=O) groups is 1. The van der Waals surface area contributed by atoms with E-state index in [9.17, 15) is 4.79 Å². The molecule has 0 unspecified atom stereocenters. The van der Waals surface area contributed by atoms with Gasteiger partial charge in [0, 0.05) is 17.9 Å². The fourth-order valence-corrected chi connectivity index (χ4v) is 1.92. The summed E-state index contributed by atoms with van der Waals surface area (Å²) in [5, 5.41) is 0. The zero-order valence-electron chi connectivity index (χ0n) is 12.4. The molecule has 0 atom stereocenters. The predicted molar refractivity (Wildman–Crippen MR) is 75.7 cm³/mol. The molecule has 1 saturated heterocycles. The Hall–Kier alpha value is -1.24. The molecular formula is C14H20BNO4. The van der Waals surface area contributed by atoms with E-state index in [0.717, 1.165) is 17.3 Å². The van der Waals surface area contributed by atoms with Gasteiger partial charge in [-0.1, -0.05) is 6.07 Å². The smallest absolute Gasteiger partial charge is 0.399 e. The molecule has 1 aromatic rings. The number of aromatic nitrogens is 1. The zero-order chi connectivity index (χ0) is 14.8. The quantitative estimate of drug-likeness (QED) is 0.458. The largest absolute Gasteiger partial charge is 0.496 e. The van der Waals surface area contributed by atoms with Gasteiger partial charge >= 0.3 is 7.12 Å². The van der Waals surface area contributed by atoms with Crippen molar-refractivity contribution >= 4 is 18.9 Å². The normalized spacial score (nSPS) is 20.1. The Kier molecular flexibility index (Phi) is 4.27. The number of nitrogens with zero attached hydrogens (tertiary/aromatic N) is 1. The van der Waals surface area contributed by atoms with Crippen LogP contribution in [0.4, 0.5) is 0 Å². The van der Waals surface area contributed by atoms with Crippen LogP contribution in [0.2, 0.25) is 0 Å². The molecule has 2 heterocycles. The topological polar surface area (TPSA) is 57.7 Å². The van der Waals surface area contributed by atoms with Gasteiger partial charge in [0.2, 0.25) is 0 Å². The maximum atomic E-state index is 10.2. The zero-order valence-corrected chi connectivity index (χ0v) is 12.4. The van der Waals surface area contributed by atoms with Crippen LogP contribution in [-0.4, -0.2) is 36.2 Å². The molecule has 0 N–H and O–H groups in total. The second-order valence-electron chi connectivity index (χ2n) is 5.90. The summed E-state index contributed by atoms with van der Waals surface area (Å²) in [6, 6.07) is 1.93. The van der Waals surface area contributed by atoms with Crippen LogP contribution in [0, 0.1) is 0 Å². The Morgan fingerprint density at radius 3 is 2.50 bits per heavy atom.